The first-order valence-electron chi connectivity index (χ1n) is 20.9. The van der Waals surface area contributed by atoms with Gasteiger partial charge in [0.25, 0.3) is 5.56 Å². The Morgan fingerprint density at radius 3 is 2.51 bits per heavy atom. The Hall–Kier alpha value is -5.66. The van der Waals surface area contributed by atoms with Crippen LogP contribution >= 0.6 is 0 Å². The number of aliphatic hydroxyl groups is 2. The van der Waals surface area contributed by atoms with Crippen molar-refractivity contribution in [3.8, 4) is 11.4 Å². The molecule has 0 bridgehead atoms. The number of carbonyl (C=O) groups excluding carboxylic acids is 4. The third-order valence-corrected chi connectivity index (χ3v) is 15.8. The molecule has 4 aromatic rings. The van der Waals surface area contributed by atoms with Gasteiger partial charge >= 0.3 is 11.9 Å². The summed E-state index contributed by atoms with van der Waals surface area (Å²) >= 11 is 0. The summed E-state index contributed by atoms with van der Waals surface area (Å²) in [6, 6.07) is 13.5. The van der Waals surface area contributed by atoms with Crippen molar-refractivity contribution in [2.45, 2.75) is 110 Å². The van der Waals surface area contributed by atoms with Crippen LogP contribution in [0.25, 0.3) is 22.3 Å². The number of pyridine rings is 2. The molecule has 13 heteroatoms. The van der Waals surface area contributed by atoms with E-state index in [1.54, 1.807) is 56.1 Å². The van der Waals surface area contributed by atoms with E-state index in [1.165, 1.54) is 6.92 Å². The molecule has 1 saturated heterocycles. The molecule has 3 fully saturated rings. The van der Waals surface area contributed by atoms with Crippen molar-refractivity contribution in [1.82, 2.24) is 9.55 Å². The fraction of sp³-hybridized carbons (Fsp3) is 0.458. The van der Waals surface area contributed by atoms with Crippen LogP contribution in [0.1, 0.15) is 95.9 Å². The third-order valence-electron chi connectivity index (χ3n) is 15.8. The van der Waals surface area contributed by atoms with Gasteiger partial charge in [-0.15, -0.1) is 0 Å². The van der Waals surface area contributed by atoms with Crippen LogP contribution in [-0.2, 0) is 52.1 Å². The van der Waals surface area contributed by atoms with Crippen LogP contribution in [0.3, 0.4) is 0 Å². The molecule has 9 unspecified atom stereocenters. The lowest BCUT2D eigenvalue weighted by Gasteiger charge is -2.64. The summed E-state index contributed by atoms with van der Waals surface area (Å²) < 4.78 is 24.6. The highest BCUT2D eigenvalue weighted by Gasteiger charge is 2.89. The zero-order valence-electron chi connectivity index (χ0n) is 35.2. The minimum Gasteiger partial charge on any atom is -0.504 e. The fourth-order valence-corrected chi connectivity index (χ4v) is 13.2. The number of ether oxygens (including phenoxy) is 3. The second-order valence-electron chi connectivity index (χ2n) is 19.1. The van der Waals surface area contributed by atoms with Crippen molar-refractivity contribution in [3.63, 3.8) is 0 Å². The van der Waals surface area contributed by atoms with Crippen molar-refractivity contribution < 1.29 is 48.0 Å². The van der Waals surface area contributed by atoms with E-state index >= 15 is 0 Å². The highest BCUT2D eigenvalue weighted by Crippen LogP contribution is 2.81. The quantitative estimate of drug-likeness (QED) is 0.148. The molecule has 3 aliphatic heterocycles. The summed E-state index contributed by atoms with van der Waals surface area (Å²) in [5.74, 6) is -2.54. The number of cyclic esters (lactones) is 1. The first-order chi connectivity index (χ1) is 28.8. The predicted molar refractivity (Wildman–Crippen MR) is 219 cm³/mol. The fourth-order valence-electron chi connectivity index (χ4n) is 13.2. The largest absolute Gasteiger partial charge is 0.504 e. The van der Waals surface area contributed by atoms with Gasteiger partial charge in [0, 0.05) is 40.2 Å². The van der Waals surface area contributed by atoms with E-state index in [0.29, 0.717) is 41.8 Å². The summed E-state index contributed by atoms with van der Waals surface area (Å²) in [6.07, 6.45) is 7.31. The van der Waals surface area contributed by atoms with Crippen LogP contribution in [0.2, 0.25) is 0 Å². The Labute approximate surface area is 351 Å². The molecule has 1 aromatic carbocycles. The molecular formula is C48H48N2O11. The van der Waals surface area contributed by atoms with Gasteiger partial charge in [0.05, 0.1) is 58.5 Å². The molecule has 61 heavy (non-hydrogen) atoms. The molecule has 316 valence electrons. The zero-order chi connectivity index (χ0) is 43.4. The molecule has 11 rings (SSSR count). The summed E-state index contributed by atoms with van der Waals surface area (Å²) in [4.78, 5) is 69.5. The molecule has 0 amide bonds. The number of para-hydroxylation sites is 1. The normalized spacial score (nSPS) is 35.7. The number of aliphatic hydroxyl groups excluding tert-OH is 1. The Bertz CT molecular complexity index is 2780. The second-order valence-corrected chi connectivity index (χ2v) is 19.1. The van der Waals surface area contributed by atoms with Crippen LogP contribution in [0.4, 0.5) is 0 Å². The Kier molecular flexibility index (Phi) is 8.07. The van der Waals surface area contributed by atoms with Crippen LogP contribution in [0, 0.1) is 27.6 Å². The Balaban J connectivity index is 0.000000152. The lowest BCUT2D eigenvalue weighted by atomic mass is 9.38. The number of hydrogen-bond donors (Lipinski definition) is 2. The van der Waals surface area contributed by atoms with Crippen molar-refractivity contribution in [2.24, 2.45) is 27.6 Å². The van der Waals surface area contributed by atoms with Gasteiger partial charge in [-0.05, 0) is 87.4 Å². The molecule has 9 atom stereocenters. The number of hydrogen-bond acceptors (Lipinski definition) is 12. The molecular weight excluding hydrogens is 781 g/mol. The van der Waals surface area contributed by atoms with E-state index in [0.717, 1.165) is 27.7 Å². The number of ketones is 2. The van der Waals surface area contributed by atoms with Gasteiger partial charge in [-0.25, -0.2) is 9.78 Å². The standard InChI is InChI=1S/C28H32O7.C20H16N2O4/c1-14(29)34-17-12-26(5)16(15-8-10-33-13-15)11-19-28(26,35-19)27(6)21(17)25(4)9-7-18(30)24(2,3)22(25)20(31)23(27)32;1-2-20(25)14-8-16-17-12(7-11-5-3-4-6-15(11)21-17)9-22(16)18(23)13(14)10-26-19(20)24/h7-10,13,16-17,19,21,31H,11-12H2,1-6H3;3-8,25H,2,9-10H2,1H3. The topological polar surface area (TPSA) is 188 Å². The van der Waals surface area contributed by atoms with Crippen LogP contribution < -0.4 is 5.56 Å². The second kappa shape index (κ2) is 12.5. The van der Waals surface area contributed by atoms with Crippen molar-refractivity contribution in [1.29, 1.82) is 0 Å². The number of epoxide rings is 1. The first kappa shape index (κ1) is 39.5. The molecule has 4 aliphatic carbocycles. The average molecular weight is 829 g/mol. The number of Topliss-reactive ketones (excluding diaryl/α,β-unsaturated/α-hetero) is 1. The van der Waals surface area contributed by atoms with E-state index in [-0.39, 0.29) is 42.2 Å². The number of allylic oxidation sites excluding steroid dienone is 4. The molecule has 7 aliphatic rings. The molecule has 3 aromatic heterocycles. The van der Waals surface area contributed by atoms with Gasteiger partial charge in [-0.2, -0.15) is 0 Å². The highest BCUT2D eigenvalue weighted by molar-refractivity contribution is 6.06. The highest BCUT2D eigenvalue weighted by atomic mass is 16.6. The lowest BCUT2D eigenvalue weighted by molar-refractivity contribution is -0.200. The van der Waals surface area contributed by atoms with Crippen LogP contribution in [0.15, 0.2) is 87.7 Å². The van der Waals surface area contributed by atoms with Gasteiger partial charge in [0.15, 0.2) is 17.1 Å². The minimum absolute atomic E-state index is 0.0453. The predicted octanol–water partition coefficient (Wildman–Crippen LogP) is 6.51. The van der Waals surface area contributed by atoms with E-state index in [1.807, 2.05) is 50.2 Å². The van der Waals surface area contributed by atoms with Gasteiger partial charge in [-0.3, -0.25) is 19.2 Å². The van der Waals surface area contributed by atoms with Crippen molar-refractivity contribution in [3.05, 3.63) is 111 Å². The number of furan rings is 1. The Morgan fingerprint density at radius 1 is 1.05 bits per heavy atom. The molecule has 2 N–H and O–H groups in total. The lowest BCUT2D eigenvalue weighted by Crippen LogP contribution is -2.70. The monoisotopic (exact) mass is 828 g/mol. The number of carbonyl (C=O) groups is 4. The summed E-state index contributed by atoms with van der Waals surface area (Å²) in [5.41, 5.74) is -1.24. The van der Waals surface area contributed by atoms with Crippen LogP contribution in [0.5, 0.6) is 0 Å². The molecule has 2 saturated carbocycles. The number of rotatable bonds is 3. The van der Waals surface area contributed by atoms with Crippen molar-refractivity contribution >= 4 is 34.4 Å². The SMILES string of the molecule is CC(=O)OC1CC2(C)C(c3ccoc3)CC3OC32C2(C)C(=O)C(O)=C3C(C)(C)C(=O)C=CC3(C)C12.CCC1(O)C(=O)OCc2c1cc1n(c2=O)Cc2cc3ccccc3nc2-1. The number of aromatic nitrogens is 2. The first-order valence-corrected chi connectivity index (χ1v) is 20.9. The third kappa shape index (κ3) is 4.79. The minimum atomic E-state index is -1.79. The molecule has 13 nitrogen and oxygen atoms in total. The molecule has 6 heterocycles. The number of nitrogens with zero attached hydrogens (tertiary/aromatic N) is 2. The van der Waals surface area contributed by atoms with E-state index in [2.05, 4.69) is 6.92 Å². The van der Waals surface area contributed by atoms with Gasteiger partial charge < -0.3 is 33.4 Å². The smallest absolute Gasteiger partial charge is 0.343 e. The average Bonchev–Trinajstić information content (AvgIpc) is 3.45. The summed E-state index contributed by atoms with van der Waals surface area (Å²) in [5, 5.41) is 23.4. The number of esters is 2. The maximum Gasteiger partial charge on any atom is 0.343 e. The van der Waals surface area contributed by atoms with Crippen LogP contribution in [-0.4, -0.2) is 61.1 Å². The van der Waals surface area contributed by atoms with E-state index in [4.69, 9.17) is 23.6 Å². The molecule has 1 spiro atoms. The van der Waals surface area contributed by atoms with Gasteiger partial charge in [0.1, 0.15) is 18.3 Å². The number of benzene rings is 1. The van der Waals surface area contributed by atoms with Gasteiger partial charge in [-0.1, -0.05) is 45.0 Å². The van der Waals surface area contributed by atoms with Crippen molar-refractivity contribution in [2.75, 3.05) is 0 Å². The van der Waals surface area contributed by atoms with E-state index < -0.39 is 62.6 Å². The number of fused-ring (bicyclic) bond motifs is 8. The molecule has 0 radical (unpaired) electrons. The maximum atomic E-state index is 14.3. The Morgan fingerprint density at radius 2 is 1.80 bits per heavy atom. The van der Waals surface area contributed by atoms with E-state index in [9.17, 15) is 34.2 Å². The van der Waals surface area contributed by atoms with Gasteiger partial charge in [0.2, 0.25) is 5.78 Å². The summed E-state index contributed by atoms with van der Waals surface area (Å²) in [6.45, 7) is 12.8. The zero-order valence-corrected chi connectivity index (χ0v) is 35.2. The summed E-state index contributed by atoms with van der Waals surface area (Å²) in [7, 11) is 0. The maximum absolute atomic E-state index is 14.3.